The summed E-state index contributed by atoms with van der Waals surface area (Å²) >= 11 is 0. The number of ether oxygens (including phenoxy) is 1. The molecule has 0 fully saturated rings. The van der Waals surface area contributed by atoms with Gasteiger partial charge in [0.25, 0.3) is 0 Å². The maximum Gasteiger partial charge on any atom is 0.325 e. The van der Waals surface area contributed by atoms with E-state index in [-0.39, 0.29) is 17.7 Å². The van der Waals surface area contributed by atoms with Crippen LogP contribution < -0.4 is 4.74 Å². The van der Waals surface area contributed by atoms with Crippen LogP contribution in [-0.2, 0) is 14.6 Å². The minimum atomic E-state index is -4.00. The van der Waals surface area contributed by atoms with Crippen LogP contribution in [0, 0.1) is 0 Å². The minimum Gasteiger partial charge on any atom is -0.497 e. The van der Waals surface area contributed by atoms with Gasteiger partial charge in [-0.3, -0.25) is 4.79 Å². The summed E-state index contributed by atoms with van der Waals surface area (Å²) in [6.07, 6.45) is 1.15. The molecule has 1 N–H and O–H groups in total. The summed E-state index contributed by atoms with van der Waals surface area (Å²) in [5, 5.41) is 9.60. The second-order valence-corrected chi connectivity index (χ2v) is 7.24. The minimum absolute atomic E-state index is 0.00819. The van der Waals surface area contributed by atoms with Crippen LogP contribution in [0.25, 0.3) is 0 Å². The molecule has 0 bridgehead atoms. The van der Waals surface area contributed by atoms with Gasteiger partial charge in [0, 0.05) is 0 Å². The summed E-state index contributed by atoms with van der Waals surface area (Å²) in [6.45, 7) is 3.57. The topological polar surface area (TPSA) is 80.7 Å². The Bertz CT molecular complexity index is 586. The fourth-order valence-corrected chi connectivity index (χ4v) is 4.68. The molecule has 0 saturated carbocycles. The van der Waals surface area contributed by atoms with E-state index in [9.17, 15) is 18.3 Å². The first-order chi connectivity index (χ1) is 9.85. The van der Waals surface area contributed by atoms with Gasteiger partial charge in [-0.05, 0) is 31.0 Å². The number of hydrogen-bond acceptors (Lipinski definition) is 4. The molecule has 0 radical (unpaired) electrons. The van der Waals surface area contributed by atoms with Crippen molar-refractivity contribution in [1.29, 1.82) is 0 Å². The van der Waals surface area contributed by atoms with Crippen molar-refractivity contribution in [3.05, 3.63) is 24.3 Å². The molecule has 0 amide bonds. The van der Waals surface area contributed by atoms with Crippen LogP contribution in [0.3, 0.4) is 0 Å². The molecule has 0 saturated heterocycles. The van der Waals surface area contributed by atoms with Gasteiger partial charge < -0.3 is 9.84 Å². The number of rotatable bonds is 8. The molecule has 5 nitrogen and oxygen atoms in total. The van der Waals surface area contributed by atoms with Gasteiger partial charge in [0.15, 0.2) is 14.6 Å². The van der Waals surface area contributed by atoms with Crippen molar-refractivity contribution in [3.8, 4) is 5.75 Å². The highest BCUT2D eigenvalue weighted by molar-refractivity contribution is 7.93. The van der Waals surface area contributed by atoms with Gasteiger partial charge in [-0.1, -0.05) is 32.8 Å². The summed E-state index contributed by atoms with van der Waals surface area (Å²) < 4.78 is 29.1. The van der Waals surface area contributed by atoms with Gasteiger partial charge in [0.2, 0.25) is 0 Å². The zero-order valence-corrected chi connectivity index (χ0v) is 13.4. The maximum atomic E-state index is 12.9. The van der Waals surface area contributed by atoms with E-state index in [1.54, 1.807) is 26.0 Å². The zero-order valence-electron chi connectivity index (χ0n) is 12.6. The second kappa shape index (κ2) is 6.93. The van der Waals surface area contributed by atoms with Crippen LogP contribution in [0.2, 0.25) is 0 Å². The summed E-state index contributed by atoms with van der Waals surface area (Å²) in [7, 11) is -2.56. The van der Waals surface area contributed by atoms with Crippen LogP contribution in [-0.4, -0.2) is 31.4 Å². The second-order valence-electron chi connectivity index (χ2n) is 4.98. The maximum absolute atomic E-state index is 12.9. The fourth-order valence-electron chi connectivity index (χ4n) is 2.52. The van der Waals surface area contributed by atoms with Crippen molar-refractivity contribution in [2.75, 3.05) is 7.11 Å². The van der Waals surface area contributed by atoms with E-state index in [4.69, 9.17) is 4.74 Å². The highest BCUT2D eigenvalue weighted by atomic mass is 32.2. The molecule has 0 aromatic heterocycles. The SMILES string of the molecule is CCCC(CCC)(C(=O)O)S(=O)(=O)c1cccc(OC)c1. The Morgan fingerprint density at radius 2 is 1.81 bits per heavy atom. The standard InChI is InChI=1S/C15H22O5S/c1-4-9-15(10-5-2,14(16)17)21(18,19)13-8-6-7-12(11-13)20-3/h6-8,11H,4-5,9-10H2,1-3H3,(H,16,17). The Labute approximate surface area is 125 Å². The number of hydrogen-bond donors (Lipinski definition) is 1. The molecule has 0 unspecified atom stereocenters. The van der Waals surface area contributed by atoms with Gasteiger partial charge in [-0.15, -0.1) is 0 Å². The Kier molecular flexibility index (Phi) is 5.78. The predicted molar refractivity (Wildman–Crippen MR) is 80.4 cm³/mol. The molecule has 0 atom stereocenters. The normalized spacial score (nSPS) is 12.1. The number of carbonyl (C=O) groups is 1. The number of carboxylic acid groups (broad SMARTS) is 1. The quantitative estimate of drug-likeness (QED) is 0.798. The van der Waals surface area contributed by atoms with E-state index >= 15 is 0 Å². The Hall–Kier alpha value is -1.56. The third-order valence-corrected chi connectivity index (χ3v) is 6.05. The average molecular weight is 314 g/mol. The van der Waals surface area contributed by atoms with Crippen molar-refractivity contribution in [3.63, 3.8) is 0 Å². The molecule has 0 aliphatic heterocycles. The van der Waals surface area contributed by atoms with Crippen molar-refractivity contribution in [1.82, 2.24) is 0 Å². The Balaban J connectivity index is 3.48. The summed E-state index contributed by atoms with van der Waals surface area (Å²) in [4.78, 5) is 11.8. The highest BCUT2D eigenvalue weighted by Gasteiger charge is 2.50. The van der Waals surface area contributed by atoms with Crippen LogP contribution in [0.5, 0.6) is 5.75 Å². The van der Waals surface area contributed by atoms with Crippen LogP contribution >= 0.6 is 0 Å². The van der Waals surface area contributed by atoms with E-state index in [0.717, 1.165) is 0 Å². The van der Waals surface area contributed by atoms with Crippen molar-refractivity contribution in [2.24, 2.45) is 0 Å². The lowest BCUT2D eigenvalue weighted by Gasteiger charge is -2.28. The number of methoxy groups -OCH3 is 1. The molecule has 118 valence electrons. The first-order valence-electron chi connectivity index (χ1n) is 6.97. The molecule has 0 aliphatic carbocycles. The van der Waals surface area contributed by atoms with E-state index in [1.807, 2.05) is 0 Å². The van der Waals surface area contributed by atoms with E-state index in [0.29, 0.717) is 18.6 Å². The Morgan fingerprint density at radius 1 is 1.24 bits per heavy atom. The summed E-state index contributed by atoms with van der Waals surface area (Å²) in [5.74, 6) is -0.891. The number of sulfone groups is 1. The van der Waals surface area contributed by atoms with E-state index < -0.39 is 20.6 Å². The lowest BCUT2D eigenvalue weighted by atomic mass is 9.97. The zero-order chi connectivity index (χ0) is 16.1. The largest absolute Gasteiger partial charge is 0.497 e. The molecule has 0 aliphatic rings. The number of carboxylic acids is 1. The van der Waals surface area contributed by atoms with Crippen LogP contribution in [0.1, 0.15) is 39.5 Å². The third-order valence-electron chi connectivity index (χ3n) is 3.56. The van der Waals surface area contributed by atoms with Crippen molar-refractivity contribution in [2.45, 2.75) is 49.2 Å². The lowest BCUT2D eigenvalue weighted by Crippen LogP contribution is -2.46. The number of benzene rings is 1. The third kappa shape index (κ3) is 3.20. The van der Waals surface area contributed by atoms with Crippen molar-refractivity contribution < 1.29 is 23.1 Å². The lowest BCUT2D eigenvalue weighted by molar-refractivity contribution is -0.140. The first-order valence-corrected chi connectivity index (χ1v) is 8.46. The summed E-state index contributed by atoms with van der Waals surface area (Å²) in [6, 6.07) is 5.97. The molecule has 0 heterocycles. The molecule has 6 heteroatoms. The van der Waals surface area contributed by atoms with Crippen LogP contribution in [0.4, 0.5) is 0 Å². The van der Waals surface area contributed by atoms with Crippen molar-refractivity contribution >= 4 is 15.8 Å². The molecule has 1 aromatic rings. The number of aliphatic carboxylic acids is 1. The smallest absolute Gasteiger partial charge is 0.325 e. The monoisotopic (exact) mass is 314 g/mol. The van der Waals surface area contributed by atoms with Gasteiger partial charge >= 0.3 is 5.97 Å². The molecule has 0 spiro atoms. The molecule has 21 heavy (non-hydrogen) atoms. The highest BCUT2D eigenvalue weighted by Crippen LogP contribution is 2.36. The first kappa shape index (κ1) is 17.5. The van der Waals surface area contributed by atoms with E-state index in [2.05, 4.69) is 0 Å². The van der Waals surface area contributed by atoms with Crippen LogP contribution in [0.15, 0.2) is 29.2 Å². The Morgan fingerprint density at radius 3 is 2.24 bits per heavy atom. The fraction of sp³-hybridized carbons (Fsp3) is 0.533. The van der Waals surface area contributed by atoms with Gasteiger partial charge in [0.05, 0.1) is 12.0 Å². The molecular formula is C15H22O5S. The van der Waals surface area contributed by atoms with Gasteiger partial charge in [0.1, 0.15) is 5.75 Å². The molecule has 1 rings (SSSR count). The summed E-state index contributed by atoms with van der Waals surface area (Å²) in [5.41, 5.74) is 0. The average Bonchev–Trinajstić information content (AvgIpc) is 2.46. The molecule has 1 aromatic carbocycles. The van der Waals surface area contributed by atoms with E-state index in [1.165, 1.54) is 19.2 Å². The molecular weight excluding hydrogens is 292 g/mol. The van der Waals surface area contributed by atoms with Gasteiger partial charge in [-0.2, -0.15) is 0 Å². The van der Waals surface area contributed by atoms with Gasteiger partial charge in [-0.25, -0.2) is 8.42 Å². The predicted octanol–water partition coefficient (Wildman–Crippen LogP) is 2.89.